The van der Waals surface area contributed by atoms with E-state index in [4.69, 9.17) is 5.11 Å². The van der Waals surface area contributed by atoms with Gasteiger partial charge in [0.25, 0.3) is 5.91 Å². The Kier molecular flexibility index (Phi) is 5.47. The van der Waals surface area contributed by atoms with E-state index in [2.05, 4.69) is 4.98 Å². The second-order valence-electron chi connectivity index (χ2n) is 5.20. The minimum Gasteiger partial charge on any atom is -0.480 e. The number of hydrogen-bond acceptors (Lipinski definition) is 4. The van der Waals surface area contributed by atoms with E-state index in [0.29, 0.717) is 12.2 Å². The van der Waals surface area contributed by atoms with Crippen LogP contribution in [0.5, 0.6) is 0 Å². The minimum atomic E-state index is -1.01. The van der Waals surface area contributed by atoms with Crippen LogP contribution in [0.25, 0.3) is 0 Å². The third-order valence-corrected chi connectivity index (χ3v) is 3.58. The van der Waals surface area contributed by atoms with Gasteiger partial charge in [0.2, 0.25) is 0 Å². The normalized spacial score (nSPS) is 11.1. The number of aromatic nitrogens is 1. The van der Waals surface area contributed by atoms with E-state index < -0.39 is 5.97 Å². The zero-order valence-electron chi connectivity index (χ0n) is 11.7. The molecule has 1 amide bonds. The number of rotatable bonds is 6. The molecule has 1 aromatic rings. The van der Waals surface area contributed by atoms with Crippen molar-refractivity contribution in [3.63, 3.8) is 0 Å². The van der Waals surface area contributed by atoms with Gasteiger partial charge in [-0.15, -0.1) is 11.3 Å². The Balaban J connectivity index is 2.87. The highest BCUT2D eigenvalue weighted by Crippen LogP contribution is 2.20. The molecule has 0 unspecified atom stereocenters. The molecule has 0 saturated heterocycles. The van der Waals surface area contributed by atoms with E-state index >= 15 is 0 Å². The van der Waals surface area contributed by atoms with Crippen LogP contribution in [-0.4, -0.2) is 40.0 Å². The monoisotopic (exact) mass is 284 g/mol. The van der Waals surface area contributed by atoms with Gasteiger partial charge in [-0.1, -0.05) is 27.7 Å². The summed E-state index contributed by atoms with van der Waals surface area (Å²) in [7, 11) is 0. The molecule has 0 aliphatic carbocycles. The molecule has 1 N–H and O–H groups in total. The van der Waals surface area contributed by atoms with Gasteiger partial charge in [0.15, 0.2) is 0 Å². The number of carboxylic acids is 1. The van der Waals surface area contributed by atoms with E-state index in [1.54, 1.807) is 5.38 Å². The Hall–Kier alpha value is -1.43. The van der Waals surface area contributed by atoms with Gasteiger partial charge < -0.3 is 10.0 Å². The molecular weight excluding hydrogens is 264 g/mol. The Bertz CT molecular complexity index is 454. The maximum absolute atomic E-state index is 12.3. The van der Waals surface area contributed by atoms with E-state index in [0.717, 1.165) is 5.01 Å². The summed E-state index contributed by atoms with van der Waals surface area (Å²) in [6.45, 7) is 8.04. The van der Waals surface area contributed by atoms with Crippen LogP contribution >= 0.6 is 11.3 Å². The molecule has 106 valence electrons. The van der Waals surface area contributed by atoms with E-state index in [-0.39, 0.29) is 24.3 Å². The van der Waals surface area contributed by atoms with Crippen LogP contribution in [0.4, 0.5) is 0 Å². The van der Waals surface area contributed by atoms with Gasteiger partial charge in [0.05, 0.1) is 5.01 Å². The van der Waals surface area contributed by atoms with Crippen molar-refractivity contribution >= 4 is 23.2 Å². The molecular formula is C13H20N2O3S. The van der Waals surface area contributed by atoms with Crippen LogP contribution in [0.3, 0.4) is 0 Å². The zero-order chi connectivity index (χ0) is 14.6. The maximum Gasteiger partial charge on any atom is 0.323 e. The largest absolute Gasteiger partial charge is 0.480 e. The van der Waals surface area contributed by atoms with Gasteiger partial charge in [-0.25, -0.2) is 4.98 Å². The van der Waals surface area contributed by atoms with Crippen molar-refractivity contribution in [2.75, 3.05) is 13.1 Å². The number of aliphatic carboxylic acids is 1. The van der Waals surface area contributed by atoms with Gasteiger partial charge in [-0.2, -0.15) is 0 Å². The van der Waals surface area contributed by atoms with Crippen molar-refractivity contribution in [1.82, 2.24) is 9.88 Å². The predicted molar refractivity (Wildman–Crippen MR) is 74.6 cm³/mol. The Morgan fingerprint density at radius 3 is 2.42 bits per heavy atom. The van der Waals surface area contributed by atoms with Crippen molar-refractivity contribution in [2.45, 2.75) is 33.6 Å². The van der Waals surface area contributed by atoms with Crippen LogP contribution in [0.2, 0.25) is 0 Å². The molecule has 0 atom stereocenters. The number of carbonyl (C=O) groups is 2. The van der Waals surface area contributed by atoms with Gasteiger partial charge >= 0.3 is 5.97 Å². The van der Waals surface area contributed by atoms with Crippen molar-refractivity contribution < 1.29 is 14.7 Å². The average Bonchev–Trinajstić information content (AvgIpc) is 2.75. The highest BCUT2D eigenvalue weighted by Gasteiger charge is 2.22. The van der Waals surface area contributed by atoms with Crippen LogP contribution < -0.4 is 0 Å². The predicted octanol–water partition coefficient (Wildman–Crippen LogP) is 2.45. The first-order valence-electron chi connectivity index (χ1n) is 6.27. The average molecular weight is 284 g/mol. The van der Waals surface area contributed by atoms with Gasteiger partial charge in [-0.3, -0.25) is 9.59 Å². The molecule has 0 saturated carbocycles. The number of amides is 1. The van der Waals surface area contributed by atoms with Crippen LogP contribution in [-0.2, 0) is 4.79 Å². The third kappa shape index (κ3) is 4.63. The molecule has 1 aromatic heterocycles. The van der Waals surface area contributed by atoms with Crippen molar-refractivity contribution in [1.29, 1.82) is 0 Å². The smallest absolute Gasteiger partial charge is 0.323 e. The Labute approximate surface area is 117 Å². The molecule has 6 heteroatoms. The summed E-state index contributed by atoms with van der Waals surface area (Å²) in [5.74, 6) is -0.830. The number of hydrogen-bond donors (Lipinski definition) is 1. The summed E-state index contributed by atoms with van der Waals surface area (Å²) in [4.78, 5) is 28.7. The standard InChI is InChI=1S/C13H20N2O3S/c1-8(2)5-15(6-11(16)17)13(18)10-7-19-12(14-10)9(3)4/h7-9H,5-6H2,1-4H3,(H,16,17). The Morgan fingerprint density at radius 1 is 1.37 bits per heavy atom. The molecule has 0 spiro atoms. The first kappa shape index (κ1) is 15.6. The van der Waals surface area contributed by atoms with E-state index in [1.807, 2.05) is 27.7 Å². The highest BCUT2D eigenvalue weighted by atomic mass is 32.1. The lowest BCUT2D eigenvalue weighted by Gasteiger charge is -2.21. The number of nitrogens with zero attached hydrogens (tertiary/aromatic N) is 2. The fourth-order valence-electron chi connectivity index (χ4n) is 1.64. The molecule has 0 aliphatic rings. The summed E-state index contributed by atoms with van der Waals surface area (Å²) in [5, 5.41) is 11.5. The van der Waals surface area contributed by atoms with E-state index in [9.17, 15) is 9.59 Å². The highest BCUT2D eigenvalue weighted by molar-refractivity contribution is 7.09. The van der Waals surface area contributed by atoms with Crippen LogP contribution in [0.1, 0.15) is 49.1 Å². The summed E-state index contributed by atoms with van der Waals surface area (Å²) >= 11 is 1.44. The fraction of sp³-hybridized carbons (Fsp3) is 0.615. The molecule has 0 bridgehead atoms. The molecule has 1 heterocycles. The number of carbonyl (C=O) groups excluding carboxylic acids is 1. The van der Waals surface area contributed by atoms with E-state index in [1.165, 1.54) is 16.2 Å². The quantitative estimate of drug-likeness (QED) is 0.871. The minimum absolute atomic E-state index is 0.214. The Morgan fingerprint density at radius 2 is 2.00 bits per heavy atom. The summed E-state index contributed by atoms with van der Waals surface area (Å²) in [5.41, 5.74) is 0.343. The summed E-state index contributed by atoms with van der Waals surface area (Å²) in [6.07, 6.45) is 0. The van der Waals surface area contributed by atoms with Crippen molar-refractivity contribution in [2.24, 2.45) is 5.92 Å². The van der Waals surface area contributed by atoms with Gasteiger partial charge in [0, 0.05) is 17.8 Å². The lowest BCUT2D eigenvalue weighted by atomic mass is 10.2. The SMILES string of the molecule is CC(C)CN(CC(=O)O)C(=O)c1csc(C(C)C)n1. The third-order valence-electron chi connectivity index (χ3n) is 2.43. The second-order valence-corrected chi connectivity index (χ2v) is 6.09. The van der Waals surface area contributed by atoms with Crippen LogP contribution in [0.15, 0.2) is 5.38 Å². The van der Waals surface area contributed by atoms with Crippen molar-refractivity contribution in [3.8, 4) is 0 Å². The summed E-state index contributed by atoms with van der Waals surface area (Å²) in [6, 6.07) is 0. The first-order valence-corrected chi connectivity index (χ1v) is 7.15. The molecule has 0 fully saturated rings. The van der Waals surface area contributed by atoms with Crippen LogP contribution in [0, 0.1) is 5.92 Å². The lowest BCUT2D eigenvalue weighted by molar-refractivity contribution is -0.137. The maximum atomic E-state index is 12.3. The molecule has 0 radical (unpaired) electrons. The van der Waals surface area contributed by atoms with Crippen molar-refractivity contribution in [3.05, 3.63) is 16.1 Å². The first-order chi connectivity index (χ1) is 8.81. The molecule has 0 aromatic carbocycles. The van der Waals surface area contributed by atoms with Gasteiger partial charge in [0.1, 0.15) is 12.2 Å². The summed E-state index contributed by atoms with van der Waals surface area (Å²) < 4.78 is 0. The molecule has 5 nitrogen and oxygen atoms in total. The number of carboxylic acid groups (broad SMARTS) is 1. The van der Waals surface area contributed by atoms with Gasteiger partial charge in [-0.05, 0) is 5.92 Å². The molecule has 0 aliphatic heterocycles. The second kappa shape index (κ2) is 6.65. The molecule has 1 rings (SSSR count). The molecule has 19 heavy (non-hydrogen) atoms. The zero-order valence-corrected chi connectivity index (χ0v) is 12.5. The fourth-order valence-corrected chi connectivity index (χ4v) is 2.45. The lowest BCUT2D eigenvalue weighted by Crippen LogP contribution is -2.38. The number of thiazole rings is 1. The topological polar surface area (TPSA) is 70.5 Å².